The van der Waals surface area contributed by atoms with Crippen molar-refractivity contribution in [1.82, 2.24) is 16.2 Å². The lowest BCUT2D eigenvalue weighted by Gasteiger charge is -2.22. The number of amides is 3. The van der Waals surface area contributed by atoms with Crippen molar-refractivity contribution in [3.8, 4) is 11.1 Å². The van der Waals surface area contributed by atoms with Gasteiger partial charge in [0.1, 0.15) is 18.2 Å². The van der Waals surface area contributed by atoms with Crippen LogP contribution in [0.4, 0.5) is 4.79 Å². The smallest absolute Gasteiger partial charge is 0.426 e. The van der Waals surface area contributed by atoms with Gasteiger partial charge in [0.2, 0.25) is 0 Å². The van der Waals surface area contributed by atoms with Crippen LogP contribution in [0.2, 0.25) is 0 Å². The number of hydrogen-bond acceptors (Lipinski definition) is 7. The molecule has 11 heteroatoms. The fourth-order valence-electron chi connectivity index (χ4n) is 3.81. The molecule has 2 aromatic rings. The van der Waals surface area contributed by atoms with Crippen LogP contribution in [0.1, 0.15) is 44.2 Å². The Bertz CT molecular complexity index is 1140. The molecular weight excluding hydrogens is 470 g/mol. The molecule has 0 spiro atoms. The van der Waals surface area contributed by atoms with E-state index in [0.717, 1.165) is 22.3 Å². The van der Waals surface area contributed by atoms with Crippen LogP contribution < -0.4 is 16.2 Å². The Morgan fingerprint density at radius 1 is 0.917 bits per heavy atom. The maximum atomic E-state index is 12.5. The van der Waals surface area contributed by atoms with Gasteiger partial charge in [0.15, 0.2) is 0 Å². The lowest BCUT2D eigenvalue weighted by atomic mass is 9.98. The van der Waals surface area contributed by atoms with Crippen molar-refractivity contribution in [3.63, 3.8) is 0 Å². The van der Waals surface area contributed by atoms with Gasteiger partial charge >= 0.3 is 23.9 Å². The molecule has 0 heterocycles. The van der Waals surface area contributed by atoms with Crippen molar-refractivity contribution in [2.24, 2.45) is 0 Å². The first-order valence-electron chi connectivity index (χ1n) is 11.1. The summed E-state index contributed by atoms with van der Waals surface area (Å²) in [5.41, 5.74) is 7.32. The maximum absolute atomic E-state index is 12.5. The Hall–Kier alpha value is -4.41. The molecular formula is C25H27N3O8. The number of nitrogens with one attached hydrogen (secondary N) is 3. The summed E-state index contributed by atoms with van der Waals surface area (Å²) in [6.07, 6.45) is -1.64. The monoisotopic (exact) mass is 497 g/mol. The molecule has 1 atom stereocenters. The van der Waals surface area contributed by atoms with Crippen LogP contribution in [0.5, 0.6) is 0 Å². The summed E-state index contributed by atoms with van der Waals surface area (Å²) in [5, 5.41) is 10.7. The fraction of sp³-hybridized carbons (Fsp3) is 0.320. The third kappa shape index (κ3) is 6.59. The first-order chi connectivity index (χ1) is 17.0. The highest BCUT2D eigenvalue weighted by Gasteiger charge is 2.31. The second-order valence-corrected chi connectivity index (χ2v) is 9.06. The molecule has 36 heavy (non-hydrogen) atoms. The third-order valence-corrected chi connectivity index (χ3v) is 5.24. The van der Waals surface area contributed by atoms with E-state index in [1.165, 1.54) is 0 Å². The Morgan fingerprint density at radius 2 is 1.47 bits per heavy atom. The summed E-state index contributed by atoms with van der Waals surface area (Å²) in [7, 11) is 0. The number of esters is 1. The first-order valence-corrected chi connectivity index (χ1v) is 11.1. The van der Waals surface area contributed by atoms with Crippen molar-refractivity contribution >= 4 is 29.8 Å². The van der Waals surface area contributed by atoms with Gasteiger partial charge in [-0.25, -0.2) is 15.0 Å². The molecule has 0 aromatic heterocycles. The first kappa shape index (κ1) is 26.2. The minimum Gasteiger partial charge on any atom is -0.474 e. The molecule has 0 bridgehead atoms. The average molecular weight is 498 g/mol. The molecule has 190 valence electrons. The molecule has 3 rings (SSSR count). The predicted molar refractivity (Wildman–Crippen MR) is 126 cm³/mol. The summed E-state index contributed by atoms with van der Waals surface area (Å²) >= 11 is 0. The Kier molecular flexibility index (Phi) is 7.93. The van der Waals surface area contributed by atoms with E-state index in [1.54, 1.807) is 20.8 Å². The average Bonchev–Trinajstić information content (AvgIpc) is 3.13. The molecule has 1 unspecified atom stereocenters. The molecule has 0 fully saturated rings. The highest BCUT2D eigenvalue weighted by molar-refractivity contribution is 6.32. The number of benzene rings is 2. The molecule has 0 aliphatic heterocycles. The highest BCUT2D eigenvalue weighted by Crippen LogP contribution is 2.44. The van der Waals surface area contributed by atoms with Gasteiger partial charge in [0, 0.05) is 5.92 Å². The fourth-order valence-corrected chi connectivity index (χ4v) is 3.81. The Labute approximate surface area is 207 Å². The van der Waals surface area contributed by atoms with E-state index in [9.17, 15) is 24.0 Å². The second-order valence-electron chi connectivity index (χ2n) is 9.06. The molecule has 0 saturated heterocycles. The van der Waals surface area contributed by atoms with E-state index < -0.39 is 47.9 Å². The largest absolute Gasteiger partial charge is 0.474 e. The minimum absolute atomic E-state index is 0.00713. The van der Waals surface area contributed by atoms with Crippen molar-refractivity contribution < 1.29 is 38.6 Å². The van der Waals surface area contributed by atoms with Gasteiger partial charge in [-0.3, -0.25) is 19.8 Å². The normalized spacial score (nSPS) is 13.0. The van der Waals surface area contributed by atoms with Crippen LogP contribution in [0.25, 0.3) is 11.1 Å². The van der Waals surface area contributed by atoms with Crippen LogP contribution in [0, 0.1) is 0 Å². The number of rotatable bonds is 6. The minimum atomic E-state index is -1.85. The summed E-state index contributed by atoms with van der Waals surface area (Å²) in [6.45, 7) is 4.81. The SMILES string of the molecule is CC(C)(C)OC(=O)CC(NC(=O)C(=O)O)C(=O)NNC(=O)OCC1c2ccccc2-c2ccccc21. The van der Waals surface area contributed by atoms with Gasteiger partial charge in [-0.15, -0.1) is 0 Å². The standard InChI is InChI=1S/C25H27N3O8/c1-25(2,3)36-20(29)12-19(26-22(31)23(32)33)21(30)27-28-24(34)35-13-18-16-10-6-4-8-14(16)15-9-5-7-11-17(15)18/h4-11,18-19H,12-13H2,1-3H3,(H,26,31)(H,27,30)(H,28,34)(H,32,33). The van der Waals surface area contributed by atoms with E-state index in [1.807, 2.05) is 64.7 Å². The molecule has 2 aromatic carbocycles. The number of carbonyl (C=O) groups excluding carboxylic acids is 4. The topological polar surface area (TPSA) is 160 Å². The maximum Gasteiger partial charge on any atom is 0.426 e. The van der Waals surface area contributed by atoms with Crippen molar-refractivity contribution in [2.75, 3.05) is 6.61 Å². The van der Waals surface area contributed by atoms with Gasteiger partial charge in [0.05, 0.1) is 6.42 Å². The number of carboxylic acids is 1. The van der Waals surface area contributed by atoms with Crippen molar-refractivity contribution in [3.05, 3.63) is 59.7 Å². The summed E-state index contributed by atoms with van der Waals surface area (Å²) < 4.78 is 10.4. The van der Waals surface area contributed by atoms with E-state index in [4.69, 9.17) is 14.6 Å². The predicted octanol–water partition coefficient (Wildman–Crippen LogP) is 1.86. The highest BCUT2D eigenvalue weighted by atomic mass is 16.6. The number of ether oxygens (including phenoxy) is 2. The zero-order valence-corrected chi connectivity index (χ0v) is 20.0. The van der Waals surface area contributed by atoms with Crippen LogP contribution in [0.15, 0.2) is 48.5 Å². The number of hydrazine groups is 1. The number of carboxylic acid groups (broad SMARTS) is 1. The molecule has 11 nitrogen and oxygen atoms in total. The number of carbonyl (C=O) groups is 5. The van der Waals surface area contributed by atoms with Gasteiger partial charge in [0.25, 0.3) is 5.91 Å². The van der Waals surface area contributed by atoms with Crippen LogP contribution in [-0.2, 0) is 28.7 Å². The Balaban J connectivity index is 1.59. The van der Waals surface area contributed by atoms with Crippen molar-refractivity contribution in [1.29, 1.82) is 0 Å². The van der Waals surface area contributed by atoms with Crippen LogP contribution >= 0.6 is 0 Å². The third-order valence-electron chi connectivity index (χ3n) is 5.24. The zero-order chi connectivity index (χ0) is 26.5. The van der Waals surface area contributed by atoms with E-state index in [-0.39, 0.29) is 12.5 Å². The van der Waals surface area contributed by atoms with E-state index in [2.05, 4.69) is 0 Å². The summed E-state index contributed by atoms with van der Waals surface area (Å²) in [4.78, 5) is 59.3. The van der Waals surface area contributed by atoms with Gasteiger partial charge in [-0.05, 0) is 43.0 Å². The van der Waals surface area contributed by atoms with Crippen molar-refractivity contribution in [2.45, 2.75) is 44.8 Å². The number of fused-ring (bicyclic) bond motifs is 3. The van der Waals surface area contributed by atoms with E-state index >= 15 is 0 Å². The number of aliphatic carboxylic acids is 1. The van der Waals surface area contributed by atoms with E-state index in [0.29, 0.717) is 0 Å². The zero-order valence-electron chi connectivity index (χ0n) is 20.0. The molecule has 1 aliphatic carbocycles. The summed E-state index contributed by atoms with van der Waals surface area (Å²) in [6, 6.07) is 13.9. The lowest BCUT2D eigenvalue weighted by Crippen LogP contribution is -2.54. The molecule has 3 amide bonds. The Morgan fingerprint density at radius 3 is 2.00 bits per heavy atom. The van der Waals surface area contributed by atoms with Crippen LogP contribution in [-0.4, -0.2) is 53.2 Å². The second kappa shape index (κ2) is 10.9. The lowest BCUT2D eigenvalue weighted by molar-refractivity contribution is -0.157. The van der Waals surface area contributed by atoms with Crippen LogP contribution in [0.3, 0.4) is 0 Å². The summed E-state index contributed by atoms with van der Waals surface area (Å²) in [5.74, 6) is -5.44. The van der Waals surface area contributed by atoms with Gasteiger partial charge < -0.3 is 19.9 Å². The molecule has 1 aliphatic rings. The number of hydrogen-bond donors (Lipinski definition) is 4. The van der Waals surface area contributed by atoms with Gasteiger partial charge in [-0.1, -0.05) is 48.5 Å². The van der Waals surface area contributed by atoms with Gasteiger partial charge in [-0.2, -0.15) is 0 Å². The molecule has 0 radical (unpaired) electrons. The molecule has 4 N–H and O–H groups in total. The molecule has 0 saturated carbocycles. The quantitative estimate of drug-likeness (QED) is 0.267.